The molecule has 3 heteroatoms. The summed E-state index contributed by atoms with van der Waals surface area (Å²) in [5.74, 6) is -0.305. The van der Waals surface area contributed by atoms with Crippen molar-refractivity contribution in [1.82, 2.24) is 0 Å². The van der Waals surface area contributed by atoms with Crippen LogP contribution in [-0.2, 0) is 14.3 Å². The normalized spacial score (nSPS) is 38.0. The van der Waals surface area contributed by atoms with E-state index < -0.39 is 5.92 Å². The third kappa shape index (κ3) is 0.664. The molecule has 3 nitrogen and oxygen atoms in total. The van der Waals surface area contributed by atoms with Crippen molar-refractivity contribution in [3.8, 4) is 0 Å². The molecule has 0 aromatic heterocycles. The Kier molecular flexibility index (Phi) is 1.07. The number of ether oxygens (including phenoxy) is 1. The predicted octanol–water partition coefficient (Wildman–Crippen LogP) is 0.138. The summed E-state index contributed by atoms with van der Waals surface area (Å²) in [7, 11) is 0. The van der Waals surface area contributed by atoms with Crippen LogP contribution >= 0.6 is 0 Å². The van der Waals surface area contributed by atoms with E-state index in [1.54, 1.807) is 0 Å². The van der Waals surface area contributed by atoms with Crippen molar-refractivity contribution in [2.45, 2.75) is 12.8 Å². The van der Waals surface area contributed by atoms with Crippen molar-refractivity contribution in [1.29, 1.82) is 0 Å². The lowest BCUT2D eigenvalue weighted by Crippen LogP contribution is -2.25. The maximum Gasteiger partial charge on any atom is 0.316 e. The minimum atomic E-state index is -0.404. The molecule has 10 heavy (non-hydrogen) atoms. The van der Waals surface area contributed by atoms with Gasteiger partial charge in [0.15, 0.2) is 0 Å². The Labute approximate surface area is 58.4 Å². The van der Waals surface area contributed by atoms with Crippen LogP contribution < -0.4 is 0 Å². The molecule has 2 rings (SSSR count). The molecule has 1 saturated carbocycles. The number of carbonyl (C=O) groups is 2. The molecule has 54 valence electrons. The number of carbonyl (C=O) groups excluding carboxylic acids is 2. The van der Waals surface area contributed by atoms with E-state index >= 15 is 0 Å². The third-order valence-corrected chi connectivity index (χ3v) is 2.19. The van der Waals surface area contributed by atoms with E-state index in [-0.39, 0.29) is 11.8 Å². The van der Waals surface area contributed by atoms with Crippen LogP contribution in [0.3, 0.4) is 0 Å². The molecule has 0 amide bonds. The van der Waals surface area contributed by atoms with E-state index in [1.807, 2.05) is 0 Å². The molecule has 2 bridgehead atoms. The second kappa shape index (κ2) is 1.81. The summed E-state index contributed by atoms with van der Waals surface area (Å²) >= 11 is 0. The van der Waals surface area contributed by atoms with Crippen molar-refractivity contribution >= 4 is 11.8 Å². The first-order chi connectivity index (χ1) is 4.77. The number of fused-ring (bicyclic) bond motifs is 2. The van der Waals surface area contributed by atoms with Gasteiger partial charge in [-0.2, -0.15) is 0 Å². The lowest BCUT2D eigenvalue weighted by molar-refractivity contribution is -0.154. The minimum absolute atomic E-state index is 0.0764. The van der Waals surface area contributed by atoms with Gasteiger partial charge in [-0.05, 0) is 6.42 Å². The van der Waals surface area contributed by atoms with Crippen LogP contribution in [0.25, 0.3) is 0 Å². The van der Waals surface area contributed by atoms with Gasteiger partial charge in [-0.1, -0.05) is 0 Å². The van der Waals surface area contributed by atoms with E-state index in [0.29, 0.717) is 18.9 Å². The van der Waals surface area contributed by atoms with Crippen LogP contribution in [0.5, 0.6) is 0 Å². The maximum atomic E-state index is 11.0. The lowest BCUT2D eigenvalue weighted by atomic mass is 10.0. The first-order valence-electron chi connectivity index (χ1n) is 3.46. The molecule has 2 unspecified atom stereocenters. The van der Waals surface area contributed by atoms with E-state index in [0.717, 1.165) is 6.42 Å². The van der Waals surface area contributed by atoms with Gasteiger partial charge in [0, 0.05) is 12.3 Å². The zero-order valence-electron chi connectivity index (χ0n) is 5.50. The second-order valence-electron chi connectivity index (χ2n) is 2.95. The molecule has 1 aliphatic carbocycles. The van der Waals surface area contributed by atoms with Gasteiger partial charge in [0.25, 0.3) is 0 Å². The highest BCUT2D eigenvalue weighted by molar-refractivity contribution is 6.01. The number of hydrogen-bond acceptors (Lipinski definition) is 3. The Balaban J connectivity index is 2.25. The van der Waals surface area contributed by atoms with Gasteiger partial charge in [0.1, 0.15) is 11.7 Å². The van der Waals surface area contributed by atoms with Crippen molar-refractivity contribution in [3.63, 3.8) is 0 Å². The van der Waals surface area contributed by atoms with Crippen LogP contribution in [0.2, 0.25) is 0 Å². The molecule has 1 aliphatic heterocycles. The number of hydrogen-bond donors (Lipinski definition) is 0. The Morgan fingerprint density at radius 1 is 1.40 bits per heavy atom. The summed E-state index contributed by atoms with van der Waals surface area (Å²) in [6.45, 7) is 0.459. The average Bonchev–Trinajstić information content (AvgIpc) is 2.21. The molecule has 2 aliphatic rings. The Bertz CT molecular complexity index is 189. The second-order valence-corrected chi connectivity index (χ2v) is 2.95. The quantitative estimate of drug-likeness (QED) is 0.355. The molecule has 1 heterocycles. The molecule has 0 spiro atoms. The monoisotopic (exact) mass is 140 g/mol. The minimum Gasteiger partial charge on any atom is -0.465 e. The fraction of sp³-hybridized carbons (Fsp3) is 0.714. The zero-order valence-corrected chi connectivity index (χ0v) is 5.50. The van der Waals surface area contributed by atoms with Crippen molar-refractivity contribution in [2.24, 2.45) is 11.8 Å². The van der Waals surface area contributed by atoms with Crippen LogP contribution in [0, 0.1) is 11.8 Å². The smallest absolute Gasteiger partial charge is 0.316 e. The molecule has 1 saturated heterocycles. The fourth-order valence-electron chi connectivity index (χ4n) is 1.63. The standard InChI is InChI=1S/C7H8O3/c8-6-2-4-1-5(6)7(9)10-3-4/h4-5H,1-3H2. The molecule has 0 aromatic rings. The maximum absolute atomic E-state index is 11.0. The summed E-state index contributed by atoms with van der Waals surface area (Å²) < 4.78 is 4.78. The number of ketones is 1. The molecule has 0 N–H and O–H groups in total. The van der Waals surface area contributed by atoms with E-state index in [2.05, 4.69) is 0 Å². The number of cyclic esters (lactones) is 1. The predicted molar refractivity (Wildman–Crippen MR) is 32.2 cm³/mol. The number of rotatable bonds is 0. The van der Waals surface area contributed by atoms with Crippen LogP contribution in [0.1, 0.15) is 12.8 Å². The first-order valence-corrected chi connectivity index (χ1v) is 3.46. The fourth-order valence-corrected chi connectivity index (χ4v) is 1.63. The van der Waals surface area contributed by atoms with E-state index in [1.165, 1.54) is 0 Å². The summed E-state index contributed by atoms with van der Waals surface area (Å²) in [5, 5.41) is 0. The first kappa shape index (κ1) is 5.89. The Morgan fingerprint density at radius 3 is 2.90 bits per heavy atom. The highest BCUT2D eigenvalue weighted by Crippen LogP contribution is 2.32. The van der Waals surface area contributed by atoms with Crippen LogP contribution in [0.4, 0.5) is 0 Å². The van der Waals surface area contributed by atoms with Crippen LogP contribution in [0.15, 0.2) is 0 Å². The Hall–Kier alpha value is -0.860. The van der Waals surface area contributed by atoms with Crippen LogP contribution in [-0.4, -0.2) is 18.4 Å². The van der Waals surface area contributed by atoms with Gasteiger partial charge in [-0.25, -0.2) is 0 Å². The molecular formula is C7H8O3. The van der Waals surface area contributed by atoms with Gasteiger partial charge >= 0.3 is 5.97 Å². The summed E-state index contributed by atoms with van der Waals surface area (Å²) in [5.41, 5.74) is 0. The summed E-state index contributed by atoms with van der Waals surface area (Å²) in [4.78, 5) is 21.8. The van der Waals surface area contributed by atoms with Gasteiger partial charge < -0.3 is 4.74 Å². The molecule has 0 aromatic carbocycles. The van der Waals surface area contributed by atoms with Crippen molar-refractivity contribution in [2.75, 3.05) is 6.61 Å². The SMILES string of the molecule is O=C1CC2COC(=O)C1C2. The van der Waals surface area contributed by atoms with Gasteiger partial charge in [0.2, 0.25) is 0 Å². The number of Topliss-reactive ketones (excluding diaryl/α,β-unsaturated/α-hetero) is 1. The number of esters is 1. The van der Waals surface area contributed by atoms with Gasteiger partial charge in [-0.15, -0.1) is 0 Å². The van der Waals surface area contributed by atoms with E-state index in [9.17, 15) is 9.59 Å². The topological polar surface area (TPSA) is 43.4 Å². The molecule has 2 atom stereocenters. The van der Waals surface area contributed by atoms with Gasteiger partial charge in [0.05, 0.1) is 6.61 Å². The lowest BCUT2D eigenvalue weighted by Gasteiger charge is -2.16. The van der Waals surface area contributed by atoms with Crippen molar-refractivity contribution < 1.29 is 14.3 Å². The Morgan fingerprint density at radius 2 is 2.20 bits per heavy atom. The molecule has 2 fully saturated rings. The highest BCUT2D eigenvalue weighted by atomic mass is 16.5. The average molecular weight is 140 g/mol. The third-order valence-electron chi connectivity index (χ3n) is 2.19. The molecular weight excluding hydrogens is 132 g/mol. The summed E-state index contributed by atoms with van der Waals surface area (Å²) in [6, 6.07) is 0. The van der Waals surface area contributed by atoms with E-state index in [4.69, 9.17) is 4.74 Å². The zero-order chi connectivity index (χ0) is 7.14. The largest absolute Gasteiger partial charge is 0.465 e. The van der Waals surface area contributed by atoms with Crippen molar-refractivity contribution in [3.05, 3.63) is 0 Å². The highest BCUT2D eigenvalue weighted by Gasteiger charge is 2.42. The summed E-state index contributed by atoms with van der Waals surface area (Å²) in [6.07, 6.45) is 1.29. The van der Waals surface area contributed by atoms with Gasteiger partial charge in [-0.3, -0.25) is 9.59 Å². The molecule has 0 radical (unpaired) electrons.